The number of carbonyl (C=O) groups excluding carboxylic acids is 1. The number of carbonyl (C=O) groups is 1. The molecule has 1 amide bonds. The van der Waals surface area contributed by atoms with Gasteiger partial charge in [-0.25, -0.2) is 4.98 Å². The molecule has 1 aromatic carbocycles. The SMILES string of the molecule is O=C(/C=C/c1ccccc1Cl)NCCc1[nH]cnc1-c1cccs1. The van der Waals surface area contributed by atoms with Gasteiger partial charge in [-0.3, -0.25) is 4.79 Å². The molecule has 0 bridgehead atoms. The van der Waals surface area contributed by atoms with Crippen LogP contribution in [0.25, 0.3) is 16.6 Å². The Morgan fingerprint density at radius 2 is 2.17 bits per heavy atom. The predicted octanol–water partition coefficient (Wildman–Crippen LogP) is 4.16. The fraction of sp³-hybridized carbons (Fsp3) is 0.111. The van der Waals surface area contributed by atoms with Crippen LogP contribution < -0.4 is 5.32 Å². The molecule has 0 atom stereocenters. The Hall–Kier alpha value is -2.37. The van der Waals surface area contributed by atoms with Gasteiger partial charge in [0.15, 0.2) is 0 Å². The first kappa shape index (κ1) is 16.5. The number of H-pyrrole nitrogens is 1. The van der Waals surface area contributed by atoms with Crippen molar-refractivity contribution in [3.8, 4) is 10.6 Å². The number of nitrogens with zero attached hydrogens (tertiary/aromatic N) is 1. The van der Waals surface area contributed by atoms with E-state index in [1.165, 1.54) is 6.08 Å². The third kappa shape index (κ3) is 4.13. The average molecular weight is 358 g/mol. The normalized spacial score (nSPS) is 11.0. The lowest BCUT2D eigenvalue weighted by atomic mass is 10.2. The Balaban J connectivity index is 1.53. The van der Waals surface area contributed by atoms with E-state index in [2.05, 4.69) is 15.3 Å². The first-order valence-electron chi connectivity index (χ1n) is 7.50. The monoisotopic (exact) mass is 357 g/mol. The molecule has 2 N–H and O–H groups in total. The van der Waals surface area contributed by atoms with Gasteiger partial charge < -0.3 is 10.3 Å². The lowest BCUT2D eigenvalue weighted by Crippen LogP contribution is -2.23. The minimum atomic E-state index is -0.146. The van der Waals surface area contributed by atoms with E-state index < -0.39 is 0 Å². The molecule has 0 saturated heterocycles. The molecule has 3 rings (SSSR count). The van der Waals surface area contributed by atoms with Gasteiger partial charge in [0.2, 0.25) is 5.91 Å². The van der Waals surface area contributed by atoms with Crippen LogP contribution in [0.4, 0.5) is 0 Å². The van der Waals surface area contributed by atoms with Crippen LogP contribution in [0.5, 0.6) is 0 Å². The maximum Gasteiger partial charge on any atom is 0.244 e. The molecule has 3 aromatic rings. The number of hydrogen-bond donors (Lipinski definition) is 2. The van der Waals surface area contributed by atoms with Crippen LogP contribution in [-0.2, 0) is 11.2 Å². The van der Waals surface area contributed by atoms with Gasteiger partial charge in [0.1, 0.15) is 5.69 Å². The molecule has 122 valence electrons. The molecular formula is C18H16ClN3OS. The summed E-state index contributed by atoms with van der Waals surface area (Å²) in [5, 5.41) is 5.52. The van der Waals surface area contributed by atoms with Crippen LogP contribution >= 0.6 is 22.9 Å². The van der Waals surface area contributed by atoms with E-state index in [4.69, 9.17) is 11.6 Å². The van der Waals surface area contributed by atoms with E-state index >= 15 is 0 Å². The largest absolute Gasteiger partial charge is 0.352 e. The quantitative estimate of drug-likeness (QED) is 0.651. The van der Waals surface area contributed by atoms with Crippen molar-refractivity contribution in [2.24, 2.45) is 0 Å². The fourth-order valence-corrected chi connectivity index (χ4v) is 3.23. The Bertz CT molecular complexity index is 840. The number of amides is 1. The van der Waals surface area contributed by atoms with E-state index in [9.17, 15) is 4.79 Å². The summed E-state index contributed by atoms with van der Waals surface area (Å²) < 4.78 is 0. The highest BCUT2D eigenvalue weighted by molar-refractivity contribution is 7.13. The van der Waals surface area contributed by atoms with Crippen LogP contribution in [0, 0.1) is 0 Å². The summed E-state index contributed by atoms with van der Waals surface area (Å²) in [7, 11) is 0. The summed E-state index contributed by atoms with van der Waals surface area (Å²) in [5.74, 6) is -0.146. The van der Waals surface area contributed by atoms with Crippen LogP contribution in [-0.4, -0.2) is 22.4 Å². The molecule has 0 aliphatic rings. The van der Waals surface area contributed by atoms with E-state index in [1.54, 1.807) is 29.8 Å². The Morgan fingerprint density at radius 1 is 1.29 bits per heavy atom. The summed E-state index contributed by atoms with van der Waals surface area (Å²) in [4.78, 5) is 20.5. The molecule has 4 nitrogen and oxygen atoms in total. The standard InChI is InChI=1S/C18H16ClN3OS/c19-14-5-2-1-4-13(14)7-8-17(23)20-10-9-15-18(22-12-21-15)16-6-3-11-24-16/h1-8,11-12H,9-10H2,(H,20,23)(H,21,22)/b8-7+. The Morgan fingerprint density at radius 3 is 2.96 bits per heavy atom. The van der Waals surface area contributed by atoms with Gasteiger partial charge in [0.05, 0.1) is 11.2 Å². The van der Waals surface area contributed by atoms with Crippen LogP contribution in [0.3, 0.4) is 0 Å². The van der Waals surface area contributed by atoms with Gasteiger partial charge in [-0.1, -0.05) is 35.9 Å². The fourth-order valence-electron chi connectivity index (χ4n) is 2.28. The van der Waals surface area contributed by atoms with Gasteiger partial charge >= 0.3 is 0 Å². The second-order valence-electron chi connectivity index (χ2n) is 5.10. The summed E-state index contributed by atoms with van der Waals surface area (Å²) in [5.41, 5.74) is 2.79. The van der Waals surface area contributed by atoms with Crippen LogP contribution in [0.15, 0.2) is 54.2 Å². The number of nitrogens with one attached hydrogen (secondary N) is 2. The molecule has 0 saturated carbocycles. The van der Waals surface area contributed by atoms with Crippen molar-refractivity contribution in [3.05, 3.63) is 70.5 Å². The topological polar surface area (TPSA) is 57.8 Å². The van der Waals surface area contributed by atoms with Crippen molar-refractivity contribution >= 4 is 34.9 Å². The van der Waals surface area contributed by atoms with Crippen molar-refractivity contribution in [1.29, 1.82) is 0 Å². The molecule has 0 spiro atoms. The Labute approximate surface area is 149 Å². The van der Waals surface area contributed by atoms with Gasteiger partial charge in [-0.15, -0.1) is 11.3 Å². The molecule has 0 unspecified atom stereocenters. The number of thiophene rings is 1. The first-order valence-corrected chi connectivity index (χ1v) is 8.76. The summed E-state index contributed by atoms with van der Waals surface area (Å²) in [6, 6.07) is 11.4. The third-order valence-corrected chi connectivity index (χ3v) is 4.69. The Kier molecular flexibility index (Phi) is 5.46. The number of aromatic nitrogens is 2. The summed E-state index contributed by atoms with van der Waals surface area (Å²) in [6.07, 6.45) is 5.59. The highest BCUT2D eigenvalue weighted by Gasteiger charge is 2.09. The van der Waals surface area contributed by atoms with Gasteiger partial charge in [0, 0.05) is 29.8 Å². The van der Waals surface area contributed by atoms with E-state index in [1.807, 2.05) is 35.7 Å². The average Bonchev–Trinajstić information content (AvgIpc) is 3.25. The maximum absolute atomic E-state index is 11.9. The second kappa shape index (κ2) is 7.95. The molecule has 24 heavy (non-hydrogen) atoms. The zero-order chi connectivity index (χ0) is 16.8. The number of benzene rings is 1. The highest BCUT2D eigenvalue weighted by atomic mass is 35.5. The number of aromatic amines is 1. The third-order valence-electron chi connectivity index (χ3n) is 3.47. The molecule has 0 aliphatic carbocycles. The van der Waals surface area contributed by atoms with E-state index in [-0.39, 0.29) is 5.91 Å². The van der Waals surface area contributed by atoms with Crippen molar-refractivity contribution in [2.45, 2.75) is 6.42 Å². The van der Waals surface area contributed by atoms with Crippen molar-refractivity contribution < 1.29 is 4.79 Å². The van der Waals surface area contributed by atoms with E-state index in [0.717, 1.165) is 21.8 Å². The minimum Gasteiger partial charge on any atom is -0.352 e. The van der Waals surface area contributed by atoms with Gasteiger partial charge in [0.25, 0.3) is 0 Å². The zero-order valence-electron chi connectivity index (χ0n) is 12.8. The molecular weight excluding hydrogens is 342 g/mol. The molecule has 2 aromatic heterocycles. The van der Waals surface area contributed by atoms with Gasteiger partial charge in [-0.05, 0) is 29.2 Å². The van der Waals surface area contributed by atoms with E-state index in [0.29, 0.717) is 18.0 Å². The number of hydrogen-bond acceptors (Lipinski definition) is 3. The molecule has 0 fully saturated rings. The summed E-state index contributed by atoms with van der Waals surface area (Å²) >= 11 is 7.70. The van der Waals surface area contributed by atoms with Crippen molar-refractivity contribution in [3.63, 3.8) is 0 Å². The minimum absolute atomic E-state index is 0.146. The smallest absolute Gasteiger partial charge is 0.244 e. The first-order chi connectivity index (χ1) is 11.7. The lowest BCUT2D eigenvalue weighted by Gasteiger charge is -2.03. The molecule has 0 aliphatic heterocycles. The van der Waals surface area contributed by atoms with Crippen LogP contribution in [0.2, 0.25) is 5.02 Å². The second-order valence-corrected chi connectivity index (χ2v) is 6.46. The molecule has 0 radical (unpaired) electrons. The van der Waals surface area contributed by atoms with Crippen molar-refractivity contribution in [2.75, 3.05) is 6.54 Å². The number of rotatable bonds is 6. The predicted molar refractivity (Wildman–Crippen MR) is 99.1 cm³/mol. The zero-order valence-corrected chi connectivity index (χ0v) is 14.4. The van der Waals surface area contributed by atoms with Gasteiger partial charge in [-0.2, -0.15) is 0 Å². The summed E-state index contributed by atoms with van der Waals surface area (Å²) in [6.45, 7) is 0.534. The van der Waals surface area contributed by atoms with Crippen molar-refractivity contribution in [1.82, 2.24) is 15.3 Å². The molecule has 2 heterocycles. The number of halogens is 1. The number of imidazole rings is 1. The maximum atomic E-state index is 11.9. The highest BCUT2D eigenvalue weighted by Crippen LogP contribution is 2.25. The molecule has 6 heteroatoms. The van der Waals surface area contributed by atoms with Crippen LogP contribution in [0.1, 0.15) is 11.3 Å². The lowest BCUT2D eigenvalue weighted by molar-refractivity contribution is -0.116.